The van der Waals surface area contributed by atoms with Crippen LogP contribution in [0.4, 0.5) is 5.69 Å². The second-order valence-electron chi connectivity index (χ2n) is 3.87. The van der Waals surface area contributed by atoms with Gasteiger partial charge in [-0.05, 0) is 18.6 Å². The molecule has 0 aliphatic carbocycles. The number of hydrogen-bond acceptors (Lipinski definition) is 2. The molecule has 0 aliphatic rings. The van der Waals surface area contributed by atoms with Crippen LogP contribution < -0.4 is 10.1 Å². The molecule has 0 amide bonds. The predicted molar refractivity (Wildman–Crippen MR) is 73.3 cm³/mol. The monoisotopic (exact) mass is 285 g/mol. The Bertz CT molecular complexity index is 315. The molecule has 2 nitrogen and oxygen atoms in total. The average Bonchev–Trinajstić information content (AvgIpc) is 2.28. The molecule has 0 bridgehead atoms. The molecule has 1 aromatic carbocycles. The highest BCUT2D eigenvalue weighted by atomic mass is 79.9. The van der Waals surface area contributed by atoms with E-state index in [0.29, 0.717) is 0 Å². The number of hydrogen-bond donors (Lipinski definition) is 1. The summed E-state index contributed by atoms with van der Waals surface area (Å²) < 4.78 is 6.25. The van der Waals surface area contributed by atoms with Crippen LogP contribution >= 0.6 is 15.9 Å². The summed E-state index contributed by atoms with van der Waals surface area (Å²) in [5.41, 5.74) is 1.11. The van der Waals surface area contributed by atoms with Gasteiger partial charge in [0.2, 0.25) is 0 Å². The lowest BCUT2D eigenvalue weighted by molar-refractivity contribution is 0.414. The summed E-state index contributed by atoms with van der Waals surface area (Å²) in [6, 6.07) is 6.05. The molecule has 3 heteroatoms. The fourth-order valence-corrected chi connectivity index (χ4v) is 2.04. The Balaban J connectivity index is 2.38. The summed E-state index contributed by atoms with van der Waals surface area (Å²) in [6.07, 6.45) is 5.13. The van der Waals surface area contributed by atoms with Crippen molar-refractivity contribution in [1.29, 1.82) is 0 Å². The molecule has 1 N–H and O–H groups in total. The zero-order chi connectivity index (χ0) is 11.8. The van der Waals surface area contributed by atoms with Gasteiger partial charge in [0, 0.05) is 22.8 Å². The molecule has 0 saturated carbocycles. The maximum Gasteiger partial charge on any atom is 0.122 e. The molecule has 0 unspecified atom stereocenters. The molecule has 0 spiro atoms. The first-order valence-corrected chi connectivity index (χ1v) is 6.64. The van der Waals surface area contributed by atoms with Gasteiger partial charge in [-0.2, -0.15) is 0 Å². The van der Waals surface area contributed by atoms with E-state index in [0.717, 1.165) is 22.5 Å². The Kier molecular flexibility index (Phi) is 6.31. The quantitative estimate of drug-likeness (QED) is 0.748. The van der Waals surface area contributed by atoms with Crippen LogP contribution in [0.25, 0.3) is 0 Å². The first kappa shape index (κ1) is 13.4. The molecular formula is C13H20BrNO. The molecule has 0 aliphatic heterocycles. The Morgan fingerprint density at radius 2 is 2.00 bits per heavy atom. The minimum Gasteiger partial charge on any atom is -0.497 e. The zero-order valence-electron chi connectivity index (χ0n) is 10.1. The number of ether oxygens (including phenoxy) is 1. The standard InChI is InChI=1S/C13H20BrNO/c1-3-4-5-6-7-15-12-8-11(14)9-13(10-12)16-2/h8-10,15H,3-7H2,1-2H3. The van der Waals surface area contributed by atoms with Crippen LogP contribution in [0.5, 0.6) is 5.75 Å². The molecular weight excluding hydrogens is 266 g/mol. The largest absolute Gasteiger partial charge is 0.497 e. The van der Waals surface area contributed by atoms with E-state index in [4.69, 9.17) is 4.74 Å². The van der Waals surface area contributed by atoms with E-state index >= 15 is 0 Å². The first-order valence-electron chi connectivity index (χ1n) is 5.84. The minimum absolute atomic E-state index is 0.880. The molecule has 0 saturated heterocycles. The maximum atomic E-state index is 5.21. The van der Waals surface area contributed by atoms with Crippen molar-refractivity contribution in [2.24, 2.45) is 0 Å². The fourth-order valence-electron chi connectivity index (χ4n) is 1.57. The van der Waals surface area contributed by atoms with Crippen LogP contribution in [0, 0.1) is 0 Å². The van der Waals surface area contributed by atoms with Gasteiger partial charge < -0.3 is 10.1 Å². The Labute approximate surface area is 107 Å². The molecule has 0 fully saturated rings. The van der Waals surface area contributed by atoms with Crippen LogP contribution in [-0.2, 0) is 0 Å². The zero-order valence-corrected chi connectivity index (χ0v) is 11.6. The molecule has 1 rings (SSSR count). The SMILES string of the molecule is CCCCCCNc1cc(Br)cc(OC)c1. The van der Waals surface area contributed by atoms with E-state index in [1.54, 1.807) is 7.11 Å². The molecule has 0 heterocycles. The van der Waals surface area contributed by atoms with Gasteiger partial charge in [0.1, 0.15) is 5.75 Å². The number of halogens is 1. The molecule has 0 atom stereocenters. The first-order chi connectivity index (χ1) is 7.76. The molecule has 90 valence electrons. The van der Waals surface area contributed by atoms with E-state index in [1.807, 2.05) is 12.1 Å². The number of anilines is 1. The molecule has 0 radical (unpaired) electrons. The van der Waals surface area contributed by atoms with Crippen LogP contribution in [0.2, 0.25) is 0 Å². The van der Waals surface area contributed by atoms with Gasteiger partial charge in [0.15, 0.2) is 0 Å². The van der Waals surface area contributed by atoms with Crippen molar-refractivity contribution in [1.82, 2.24) is 0 Å². The normalized spacial score (nSPS) is 10.2. The van der Waals surface area contributed by atoms with Gasteiger partial charge >= 0.3 is 0 Å². The predicted octanol–water partition coefficient (Wildman–Crippen LogP) is 4.45. The van der Waals surface area contributed by atoms with Gasteiger partial charge in [0.25, 0.3) is 0 Å². The Hall–Kier alpha value is -0.700. The summed E-state index contributed by atoms with van der Waals surface area (Å²) in [5.74, 6) is 0.880. The third-order valence-corrected chi connectivity index (χ3v) is 2.92. The summed E-state index contributed by atoms with van der Waals surface area (Å²) in [6.45, 7) is 3.26. The summed E-state index contributed by atoms with van der Waals surface area (Å²) >= 11 is 3.47. The van der Waals surface area contributed by atoms with Crippen molar-refractivity contribution in [2.75, 3.05) is 19.0 Å². The van der Waals surface area contributed by atoms with Gasteiger partial charge in [-0.1, -0.05) is 42.1 Å². The molecule has 1 aromatic rings. The highest BCUT2D eigenvalue weighted by molar-refractivity contribution is 9.10. The Morgan fingerprint density at radius 1 is 1.19 bits per heavy atom. The van der Waals surface area contributed by atoms with Crippen molar-refractivity contribution in [3.05, 3.63) is 22.7 Å². The number of benzene rings is 1. The lowest BCUT2D eigenvalue weighted by Gasteiger charge is -2.08. The van der Waals surface area contributed by atoms with E-state index in [9.17, 15) is 0 Å². The van der Waals surface area contributed by atoms with Gasteiger partial charge in [0.05, 0.1) is 7.11 Å². The van der Waals surface area contributed by atoms with E-state index in [-0.39, 0.29) is 0 Å². The van der Waals surface area contributed by atoms with Crippen molar-refractivity contribution < 1.29 is 4.74 Å². The van der Waals surface area contributed by atoms with Crippen molar-refractivity contribution in [3.63, 3.8) is 0 Å². The van der Waals surface area contributed by atoms with E-state index < -0.39 is 0 Å². The van der Waals surface area contributed by atoms with Crippen LogP contribution in [0.15, 0.2) is 22.7 Å². The molecule has 0 aromatic heterocycles. The second-order valence-corrected chi connectivity index (χ2v) is 4.78. The Morgan fingerprint density at radius 3 is 2.69 bits per heavy atom. The summed E-state index contributed by atoms with van der Waals surface area (Å²) in [7, 11) is 1.69. The number of rotatable bonds is 7. The van der Waals surface area contributed by atoms with Crippen molar-refractivity contribution >= 4 is 21.6 Å². The van der Waals surface area contributed by atoms with E-state index in [1.165, 1.54) is 25.7 Å². The minimum atomic E-state index is 0.880. The van der Waals surface area contributed by atoms with Gasteiger partial charge in [-0.3, -0.25) is 0 Å². The van der Waals surface area contributed by atoms with Crippen LogP contribution in [0.3, 0.4) is 0 Å². The third kappa shape index (κ3) is 4.88. The lowest BCUT2D eigenvalue weighted by atomic mass is 10.2. The topological polar surface area (TPSA) is 21.3 Å². The number of nitrogens with one attached hydrogen (secondary N) is 1. The lowest BCUT2D eigenvalue weighted by Crippen LogP contribution is -2.01. The van der Waals surface area contributed by atoms with Crippen molar-refractivity contribution in [3.8, 4) is 5.75 Å². The fraction of sp³-hybridized carbons (Fsp3) is 0.538. The van der Waals surface area contributed by atoms with E-state index in [2.05, 4.69) is 34.2 Å². The number of unbranched alkanes of at least 4 members (excludes halogenated alkanes) is 3. The molecule has 16 heavy (non-hydrogen) atoms. The smallest absolute Gasteiger partial charge is 0.122 e. The average molecular weight is 286 g/mol. The maximum absolute atomic E-state index is 5.21. The highest BCUT2D eigenvalue weighted by Gasteiger charge is 1.98. The second kappa shape index (κ2) is 7.55. The third-order valence-electron chi connectivity index (χ3n) is 2.47. The van der Waals surface area contributed by atoms with Crippen LogP contribution in [0.1, 0.15) is 32.6 Å². The van der Waals surface area contributed by atoms with Crippen LogP contribution in [-0.4, -0.2) is 13.7 Å². The van der Waals surface area contributed by atoms with Crippen molar-refractivity contribution in [2.45, 2.75) is 32.6 Å². The summed E-state index contributed by atoms with van der Waals surface area (Å²) in [4.78, 5) is 0. The summed E-state index contributed by atoms with van der Waals surface area (Å²) in [5, 5.41) is 3.41. The van der Waals surface area contributed by atoms with Gasteiger partial charge in [-0.15, -0.1) is 0 Å². The van der Waals surface area contributed by atoms with Gasteiger partial charge in [-0.25, -0.2) is 0 Å². The number of methoxy groups -OCH3 is 1. The highest BCUT2D eigenvalue weighted by Crippen LogP contribution is 2.24.